The lowest BCUT2D eigenvalue weighted by Gasteiger charge is -2.12. The van der Waals surface area contributed by atoms with E-state index >= 15 is 0 Å². The average Bonchev–Trinajstić information content (AvgIpc) is 2.56. The molecule has 0 aliphatic rings. The molecule has 2 aromatic rings. The standard InChI is InChI=1S/C17H15ClN2O3S2/c1-10-2-3-11(16(22)23)8-14(10)19-17(24)20-15(21)9-25-13-6-4-12(18)5-7-13/h2-8H,9H2,1H3,(H,22,23)(H2,19,20,21,24). The monoisotopic (exact) mass is 394 g/mol. The molecule has 25 heavy (non-hydrogen) atoms. The highest BCUT2D eigenvalue weighted by Gasteiger charge is 2.10. The maximum absolute atomic E-state index is 12.0. The minimum Gasteiger partial charge on any atom is -0.478 e. The molecule has 5 nitrogen and oxygen atoms in total. The van der Waals surface area contributed by atoms with E-state index in [9.17, 15) is 9.59 Å². The van der Waals surface area contributed by atoms with E-state index in [0.29, 0.717) is 10.7 Å². The summed E-state index contributed by atoms with van der Waals surface area (Å²) in [5.41, 5.74) is 1.49. The molecular weight excluding hydrogens is 380 g/mol. The summed E-state index contributed by atoms with van der Waals surface area (Å²) in [6, 6.07) is 11.8. The summed E-state index contributed by atoms with van der Waals surface area (Å²) in [6.45, 7) is 1.81. The molecule has 130 valence electrons. The predicted octanol–water partition coefficient (Wildman–Crippen LogP) is 3.95. The molecule has 0 aromatic heterocycles. The van der Waals surface area contributed by atoms with Crippen LogP contribution < -0.4 is 10.6 Å². The number of thioether (sulfide) groups is 1. The van der Waals surface area contributed by atoms with Gasteiger partial charge in [-0.1, -0.05) is 17.7 Å². The van der Waals surface area contributed by atoms with E-state index in [1.807, 2.05) is 19.1 Å². The van der Waals surface area contributed by atoms with Crippen molar-refractivity contribution in [1.82, 2.24) is 5.32 Å². The topological polar surface area (TPSA) is 78.4 Å². The first-order valence-corrected chi connectivity index (χ1v) is 8.95. The fourth-order valence-electron chi connectivity index (χ4n) is 1.89. The quantitative estimate of drug-likeness (QED) is 0.526. The predicted molar refractivity (Wildman–Crippen MR) is 105 cm³/mol. The number of nitrogens with one attached hydrogen (secondary N) is 2. The van der Waals surface area contributed by atoms with Crippen LogP contribution in [0.3, 0.4) is 0 Å². The van der Waals surface area contributed by atoms with E-state index in [2.05, 4.69) is 10.6 Å². The molecule has 0 atom stereocenters. The van der Waals surface area contributed by atoms with E-state index in [1.165, 1.54) is 23.9 Å². The van der Waals surface area contributed by atoms with Crippen molar-refractivity contribution in [3.63, 3.8) is 0 Å². The van der Waals surface area contributed by atoms with Crippen LogP contribution in [0.4, 0.5) is 5.69 Å². The summed E-state index contributed by atoms with van der Waals surface area (Å²) in [5, 5.41) is 15.2. The summed E-state index contributed by atoms with van der Waals surface area (Å²) in [4.78, 5) is 23.9. The van der Waals surface area contributed by atoms with Crippen molar-refractivity contribution in [1.29, 1.82) is 0 Å². The molecule has 0 fully saturated rings. The van der Waals surface area contributed by atoms with Crippen LogP contribution in [-0.4, -0.2) is 27.8 Å². The normalized spacial score (nSPS) is 10.2. The maximum atomic E-state index is 12.0. The second kappa shape index (κ2) is 8.84. The van der Waals surface area contributed by atoms with E-state index in [1.54, 1.807) is 18.2 Å². The lowest BCUT2D eigenvalue weighted by atomic mass is 10.1. The van der Waals surface area contributed by atoms with Crippen molar-refractivity contribution in [2.24, 2.45) is 0 Å². The summed E-state index contributed by atoms with van der Waals surface area (Å²) in [6.07, 6.45) is 0. The molecule has 8 heteroatoms. The second-order valence-electron chi connectivity index (χ2n) is 5.08. The molecule has 0 radical (unpaired) electrons. The first kappa shape index (κ1) is 19.2. The largest absolute Gasteiger partial charge is 0.478 e. The lowest BCUT2D eigenvalue weighted by molar-refractivity contribution is -0.117. The van der Waals surface area contributed by atoms with Crippen LogP contribution >= 0.6 is 35.6 Å². The number of carbonyl (C=O) groups is 2. The molecule has 2 rings (SSSR count). The van der Waals surface area contributed by atoms with Gasteiger partial charge in [0.25, 0.3) is 0 Å². The van der Waals surface area contributed by atoms with E-state index in [4.69, 9.17) is 28.9 Å². The third-order valence-corrected chi connectivity index (χ3v) is 4.64. The minimum atomic E-state index is -1.03. The Bertz CT molecular complexity index is 810. The van der Waals surface area contributed by atoms with E-state index in [0.717, 1.165) is 10.5 Å². The molecule has 0 bridgehead atoms. The number of thiocarbonyl (C=S) groups is 1. The Kier molecular flexibility index (Phi) is 6.81. The van der Waals surface area contributed by atoms with Crippen LogP contribution in [0.15, 0.2) is 47.4 Å². The van der Waals surface area contributed by atoms with Crippen molar-refractivity contribution in [3.8, 4) is 0 Å². The zero-order valence-electron chi connectivity index (χ0n) is 13.2. The number of carbonyl (C=O) groups excluding carboxylic acids is 1. The molecular formula is C17H15ClN2O3S2. The average molecular weight is 395 g/mol. The van der Waals surface area contributed by atoms with Gasteiger partial charge in [-0.15, -0.1) is 11.8 Å². The number of benzene rings is 2. The van der Waals surface area contributed by atoms with Gasteiger partial charge in [0.15, 0.2) is 5.11 Å². The third-order valence-electron chi connectivity index (χ3n) is 3.17. The molecule has 0 aliphatic carbocycles. The van der Waals surface area contributed by atoms with Crippen LogP contribution in [0.1, 0.15) is 15.9 Å². The van der Waals surface area contributed by atoms with Crippen molar-refractivity contribution in [2.75, 3.05) is 11.1 Å². The first-order chi connectivity index (χ1) is 11.8. The van der Waals surface area contributed by atoms with E-state index in [-0.39, 0.29) is 22.3 Å². The third kappa shape index (κ3) is 6.04. The van der Waals surface area contributed by atoms with Gasteiger partial charge in [-0.3, -0.25) is 4.79 Å². The molecule has 0 saturated carbocycles. The molecule has 1 amide bonds. The van der Waals surface area contributed by atoms with Crippen molar-refractivity contribution in [3.05, 3.63) is 58.6 Å². The molecule has 0 unspecified atom stereocenters. The number of amides is 1. The summed E-state index contributed by atoms with van der Waals surface area (Å²) in [7, 11) is 0. The van der Waals surface area contributed by atoms with Gasteiger partial charge in [0, 0.05) is 15.6 Å². The Balaban J connectivity index is 1.89. The smallest absolute Gasteiger partial charge is 0.335 e. The van der Waals surface area contributed by atoms with Crippen LogP contribution in [0, 0.1) is 6.92 Å². The fraction of sp³-hybridized carbons (Fsp3) is 0.118. The van der Waals surface area contributed by atoms with Gasteiger partial charge in [0.1, 0.15) is 0 Å². The Morgan fingerprint density at radius 3 is 2.52 bits per heavy atom. The SMILES string of the molecule is Cc1ccc(C(=O)O)cc1NC(=S)NC(=O)CSc1ccc(Cl)cc1. The Morgan fingerprint density at radius 1 is 1.20 bits per heavy atom. The highest BCUT2D eigenvalue weighted by molar-refractivity contribution is 8.00. The minimum absolute atomic E-state index is 0.118. The van der Waals surface area contributed by atoms with Crippen LogP contribution in [0.5, 0.6) is 0 Å². The van der Waals surface area contributed by atoms with Gasteiger partial charge in [-0.2, -0.15) is 0 Å². The maximum Gasteiger partial charge on any atom is 0.335 e. The highest BCUT2D eigenvalue weighted by Crippen LogP contribution is 2.20. The lowest BCUT2D eigenvalue weighted by Crippen LogP contribution is -2.35. The van der Waals surface area contributed by atoms with Gasteiger partial charge in [-0.05, 0) is 61.1 Å². The second-order valence-corrected chi connectivity index (χ2v) is 6.97. The number of anilines is 1. The Labute approximate surface area is 159 Å². The Morgan fingerprint density at radius 2 is 1.88 bits per heavy atom. The summed E-state index contributed by atoms with van der Waals surface area (Å²) < 4.78 is 0. The number of rotatable bonds is 5. The number of aromatic carboxylic acids is 1. The van der Waals surface area contributed by atoms with Crippen molar-refractivity contribution >= 4 is 58.3 Å². The molecule has 0 heterocycles. The first-order valence-electron chi connectivity index (χ1n) is 7.18. The number of carboxylic acids is 1. The fourth-order valence-corrected chi connectivity index (χ4v) is 2.93. The van der Waals surface area contributed by atoms with Crippen LogP contribution in [0.2, 0.25) is 5.02 Å². The van der Waals surface area contributed by atoms with Crippen molar-refractivity contribution in [2.45, 2.75) is 11.8 Å². The molecule has 0 saturated heterocycles. The van der Waals surface area contributed by atoms with Crippen LogP contribution in [0.25, 0.3) is 0 Å². The number of aryl methyl sites for hydroxylation is 1. The molecule has 0 aliphatic heterocycles. The number of halogens is 1. The van der Waals surface area contributed by atoms with Gasteiger partial charge in [-0.25, -0.2) is 4.79 Å². The zero-order chi connectivity index (χ0) is 18.4. The Hall–Kier alpha value is -2.09. The van der Waals surface area contributed by atoms with Gasteiger partial charge >= 0.3 is 5.97 Å². The zero-order valence-corrected chi connectivity index (χ0v) is 15.6. The number of carboxylic acid groups (broad SMARTS) is 1. The van der Waals surface area contributed by atoms with Crippen LogP contribution in [-0.2, 0) is 4.79 Å². The highest BCUT2D eigenvalue weighted by atomic mass is 35.5. The summed E-state index contributed by atoms with van der Waals surface area (Å²) >= 11 is 12.3. The number of hydrogen-bond donors (Lipinski definition) is 3. The van der Waals surface area contributed by atoms with Gasteiger partial charge in [0.05, 0.1) is 11.3 Å². The molecule has 3 N–H and O–H groups in total. The van der Waals surface area contributed by atoms with Gasteiger partial charge in [0.2, 0.25) is 5.91 Å². The molecule has 0 spiro atoms. The van der Waals surface area contributed by atoms with E-state index < -0.39 is 5.97 Å². The summed E-state index contributed by atoms with van der Waals surface area (Å²) in [5.74, 6) is -1.10. The molecule has 2 aromatic carbocycles. The van der Waals surface area contributed by atoms with Gasteiger partial charge < -0.3 is 15.7 Å². The van der Waals surface area contributed by atoms with Crippen molar-refractivity contribution < 1.29 is 14.7 Å². The number of hydrogen-bond acceptors (Lipinski definition) is 4.